The highest BCUT2D eigenvalue weighted by atomic mass is 32.2. The molecular weight excluding hydrogens is 424 g/mol. The quantitative estimate of drug-likeness (QED) is 0.475. The summed E-state index contributed by atoms with van der Waals surface area (Å²) in [6.07, 6.45) is 0.682. The fourth-order valence-electron chi connectivity index (χ4n) is 3.29. The number of aromatic amines is 1. The molecule has 0 amide bonds. The van der Waals surface area contributed by atoms with Crippen molar-refractivity contribution < 1.29 is 8.42 Å². The van der Waals surface area contributed by atoms with E-state index in [1.807, 2.05) is 24.3 Å². The highest BCUT2D eigenvalue weighted by Gasteiger charge is 2.30. The van der Waals surface area contributed by atoms with E-state index in [0.717, 1.165) is 10.2 Å². The molecule has 9 nitrogen and oxygen atoms in total. The van der Waals surface area contributed by atoms with E-state index >= 15 is 0 Å². The van der Waals surface area contributed by atoms with E-state index in [1.165, 1.54) is 28.6 Å². The number of azo groups is 1. The summed E-state index contributed by atoms with van der Waals surface area (Å²) < 4.78 is 28.5. The smallest absolute Gasteiger partial charge is 0.301 e. The Bertz CT molecular complexity index is 1320. The monoisotopic (exact) mass is 442 g/mol. The van der Waals surface area contributed by atoms with Crippen molar-refractivity contribution >= 4 is 44.4 Å². The van der Waals surface area contributed by atoms with Gasteiger partial charge in [-0.3, -0.25) is 14.2 Å². The Morgan fingerprint density at radius 3 is 2.50 bits per heavy atom. The number of fused-ring (bicyclic) bond motifs is 1. The number of rotatable bonds is 4. The normalized spacial score (nSPS) is 13.7. The molecule has 30 heavy (non-hydrogen) atoms. The predicted molar refractivity (Wildman–Crippen MR) is 117 cm³/mol. The maximum Gasteiger partial charge on any atom is 0.301 e. The first-order valence-corrected chi connectivity index (χ1v) is 10.9. The molecule has 0 aliphatic carbocycles. The molecule has 0 unspecified atom stereocenters. The number of nitrogens with two attached hydrogens (primary N) is 1. The van der Waals surface area contributed by atoms with Gasteiger partial charge in [-0.05, 0) is 61.5 Å². The van der Waals surface area contributed by atoms with Crippen LogP contribution in [0.1, 0.15) is 11.3 Å². The number of para-hydroxylation sites is 1. The molecule has 0 bridgehead atoms. The Morgan fingerprint density at radius 1 is 1.13 bits per heavy atom. The van der Waals surface area contributed by atoms with Crippen LogP contribution in [-0.2, 0) is 16.4 Å². The number of H-pyrrole nitrogens is 1. The molecule has 4 rings (SSSR count). The second-order valence-electron chi connectivity index (χ2n) is 6.71. The number of hydrogen-bond acceptors (Lipinski definition) is 6. The maximum atomic E-state index is 13.0. The summed E-state index contributed by atoms with van der Waals surface area (Å²) in [4.78, 5) is 12.4. The van der Waals surface area contributed by atoms with Crippen molar-refractivity contribution in [1.82, 2.24) is 9.78 Å². The average molecular weight is 443 g/mol. The van der Waals surface area contributed by atoms with Crippen molar-refractivity contribution in [1.29, 1.82) is 0 Å². The van der Waals surface area contributed by atoms with E-state index in [-0.39, 0.29) is 15.7 Å². The number of thiocarbonyl (C=S) groups is 1. The first-order chi connectivity index (χ1) is 14.3. The standard InChI is InChI=1S/C19H18N6O3S2/c1-12-17(18(26)25(23-12)19(20)29)22-21-14-6-8-15(9-7-14)30(27,28)24-11-10-13-4-2-3-5-16(13)24/h2-9,23H,10-11H2,1H3,(H2,20,29). The van der Waals surface area contributed by atoms with Gasteiger partial charge in [0.25, 0.3) is 10.0 Å². The van der Waals surface area contributed by atoms with Crippen LogP contribution in [0.2, 0.25) is 0 Å². The molecule has 3 aromatic rings. The van der Waals surface area contributed by atoms with Crippen LogP contribution in [0, 0.1) is 6.92 Å². The van der Waals surface area contributed by atoms with Gasteiger partial charge in [-0.1, -0.05) is 18.2 Å². The van der Waals surface area contributed by atoms with Crippen LogP contribution in [0.25, 0.3) is 0 Å². The largest absolute Gasteiger partial charge is 0.374 e. The lowest BCUT2D eigenvalue weighted by atomic mass is 10.2. The van der Waals surface area contributed by atoms with Crippen LogP contribution in [-0.4, -0.2) is 29.9 Å². The minimum atomic E-state index is -3.68. The van der Waals surface area contributed by atoms with Gasteiger partial charge in [-0.15, -0.1) is 5.11 Å². The molecule has 1 aliphatic heterocycles. The van der Waals surface area contributed by atoms with Crippen LogP contribution < -0.4 is 15.6 Å². The molecule has 1 aliphatic rings. The van der Waals surface area contributed by atoms with E-state index in [0.29, 0.717) is 30.0 Å². The van der Waals surface area contributed by atoms with Crippen LogP contribution in [0.3, 0.4) is 0 Å². The molecule has 2 heterocycles. The Balaban J connectivity index is 1.59. The van der Waals surface area contributed by atoms with Gasteiger partial charge in [-0.2, -0.15) is 9.80 Å². The molecule has 3 N–H and O–H groups in total. The van der Waals surface area contributed by atoms with Crippen molar-refractivity contribution in [3.63, 3.8) is 0 Å². The Labute approximate surface area is 177 Å². The third-order valence-electron chi connectivity index (χ3n) is 4.80. The molecule has 154 valence electrons. The number of sulfonamides is 1. The van der Waals surface area contributed by atoms with E-state index in [2.05, 4.69) is 15.3 Å². The number of nitrogens with one attached hydrogen (secondary N) is 1. The number of aromatic nitrogens is 2. The SMILES string of the molecule is Cc1[nH]n(C(N)=S)c(=O)c1N=Nc1ccc(S(=O)(=O)N2CCc3ccccc32)cc1. The average Bonchev–Trinajstić information content (AvgIpc) is 3.28. The lowest BCUT2D eigenvalue weighted by molar-refractivity contribution is 0.592. The summed E-state index contributed by atoms with van der Waals surface area (Å²) in [7, 11) is -3.68. The van der Waals surface area contributed by atoms with Gasteiger partial charge < -0.3 is 5.73 Å². The van der Waals surface area contributed by atoms with Crippen LogP contribution in [0.5, 0.6) is 0 Å². The second kappa shape index (κ2) is 7.50. The second-order valence-corrected chi connectivity index (χ2v) is 8.99. The van der Waals surface area contributed by atoms with Gasteiger partial charge in [-0.25, -0.2) is 8.42 Å². The molecule has 0 atom stereocenters. The summed E-state index contributed by atoms with van der Waals surface area (Å²) in [6.45, 7) is 2.05. The van der Waals surface area contributed by atoms with E-state index < -0.39 is 15.6 Å². The third-order valence-corrected chi connectivity index (χ3v) is 6.81. The molecule has 0 saturated heterocycles. The zero-order chi connectivity index (χ0) is 21.5. The summed E-state index contributed by atoms with van der Waals surface area (Å²) >= 11 is 4.80. The number of nitrogens with zero attached hydrogens (tertiary/aromatic N) is 4. The number of benzene rings is 2. The van der Waals surface area contributed by atoms with Crippen LogP contribution in [0.4, 0.5) is 17.1 Å². The van der Waals surface area contributed by atoms with Crippen LogP contribution in [0.15, 0.2) is 68.4 Å². The third kappa shape index (κ3) is 3.42. The topological polar surface area (TPSA) is 126 Å². The summed E-state index contributed by atoms with van der Waals surface area (Å²) in [5.41, 5.74) is 7.63. The van der Waals surface area contributed by atoms with Gasteiger partial charge in [0.05, 0.1) is 22.0 Å². The lowest BCUT2D eigenvalue weighted by Crippen LogP contribution is -2.29. The first kappa shape index (κ1) is 20.0. The molecule has 0 radical (unpaired) electrons. The van der Waals surface area contributed by atoms with Crippen molar-refractivity contribution in [2.75, 3.05) is 10.8 Å². The summed E-state index contributed by atoms with van der Waals surface area (Å²) in [5.74, 6) is 0. The van der Waals surface area contributed by atoms with Crippen molar-refractivity contribution in [2.45, 2.75) is 18.2 Å². The van der Waals surface area contributed by atoms with Crippen molar-refractivity contribution in [3.05, 3.63) is 70.1 Å². The van der Waals surface area contributed by atoms with E-state index in [4.69, 9.17) is 18.0 Å². The van der Waals surface area contributed by atoms with Gasteiger partial charge in [0.2, 0.25) is 0 Å². The Hall–Kier alpha value is -3.31. The zero-order valence-corrected chi connectivity index (χ0v) is 17.6. The minimum Gasteiger partial charge on any atom is -0.374 e. The van der Waals surface area contributed by atoms with E-state index in [1.54, 1.807) is 6.92 Å². The Kier molecular flexibility index (Phi) is 5.00. The van der Waals surface area contributed by atoms with Crippen molar-refractivity contribution in [2.24, 2.45) is 16.0 Å². The molecule has 0 saturated carbocycles. The van der Waals surface area contributed by atoms with Gasteiger partial charge >= 0.3 is 5.56 Å². The first-order valence-electron chi connectivity index (χ1n) is 9.03. The molecular formula is C19H18N6O3S2. The zero-order valence-electron chi connectivity index (χ0n) is 15.9. The van der Waals surface area contributed by atoms with Gasteiger partial charge in [0, 0.05) is 6.54 Å². The number of hydrogen-bond donors (Lipinski definition) is 2. The number of aryl methyl sites for hydroxylation is 1. The molecule has 0 spiro atoms. The number of anilines is 1. The van der Waals surface area contributed by atoms with Crippen molar-refractivity contribution in [3.8, 4) is 0 Å². The van der Waals surface area contributed by atoms with Crippen LogP contribution >= 0.6 is 12.2 Å². The van der Waals surface area contributed by atoms with Gasteiger partial charge in [0.1, 0.15) is 0 Å². The Morgan fingerprint density at radius 2 is 1.83 bits per heavy atom. The fraction of sp³-hybridized carbons (Fsp3) is 0.158. The molecule has 1 aromatic heterocycles. The summed E-state index contributed by atoms with van der Waals surface area (Å²) in [6, 6.07) is 13.5. The highest BCUT2D eigenvalue weighted by Crippen LogP contribution is 2.33. The molecule has 2 aromatic carbocycles. The highest BCUT2D eigenvalue weighted by molar-refractivity contribution is 7.92. The fourth-order valence-corrected chi connectivity index (χ4v) is 4.92. The summed E-state index contributed by atoms with van der Waals surface area (Å²) in [5, 5.41) is 10.6. The molecule has 0 fully saturated rings. The predicted octanol–water partition coefficient (Wildman–Crippen LogP) is 2.74. The molecule has 11 heteroatoms. The minimum absolute atomic E-state index is 0.0770. The van der Waals surface area contributed by atoms with E-state index in [9.17, 15) is 13.2 Å². The van der Waals surface area contributed by atoms with Gasteiger partial charge in [0.15, 0.2) is 10.8 Å². The maximum absolute atomic E-state index is 13.0. The lowest BCUT2D eigenvalue weighted by Gasteiger charge is -2.19.